The number of benzene rings is 2. The van der Waals surface area contributed by atoms with Crippen molar-refractivity contribution in [3.8, 4) is 0 Å². The van der Waals surface area contributed by atoms with Crippen molar-refractivity contribution in [2.24, 2.45) is 0 Å². The number of aryl methyl sites for hydroxylation is 1. The fraction of sp³-hybridized carbons (Fsp3) is 0.0476. The van der Waals surface area contributed by atoms with Crippen molar-refractivity contribution in [3.05, 3.63) is 82.7 Å². The molecule has 1 saturated heterocycles. The summed E-state index contributed by atoms with van der Waals surface area (Å²) in [5, 5.41) is 3.71. The van der Waals surface area contributed by atoms with Crippen molar-refractivity contribution in [3.63, 3.8) is 0 Å². The summed E-state index contributed by atoms with van der Waals surface area (Å²) < 4.78 is 5.77. The van der Waals surface area contributed by atoms with E-state index >= 15 is 0 Å². The molecule has 1 aliphatic rings. The van der Waals surface area contributed by atoms with Gasteiger partial charge in [0.25, 0.3) is 5.91 Å². The Morgan fingerprint density at radius 1 is 1.07 bits per heavy atom. The first-order valence-electron chi connectivity index (χ1n) is 8.47. The SMILES string of the molecule is Cc1ccc(Sc2ccc(C=C3NC(=O)N(c4cccc(Cl)c4)C3=O)o2)cc1. The standard InChI is InChI=1S/C21H15ClN2O3S/c1-13-5-8-17(9-6-13)28-19-10-7-16(27-19)12-18-20(25)24(21(26)23-18)15-4-2-3-14(22)11-15/h2-12H,1H3,(H,23,26). The molecule has 4 rings (SSSR count). The summed E-state index contributed by atoms with van der Waals surface area (Å²) in [5.74, 6) is 0.0163. The first-order chi connectivity index (χ1) is 13.5. The predicted molar refractivity (Wildman–Crippen MR) is 109 cm³/mol. The molecule has 3 aromatic rings. The van der Waals surface area contributed by atoms with Crippen LogP contribution in [0.4, 0.5) is 10.5 Å². The minimum Gasteiger partial charge on any atom is -0.450 e. The normalized spacial score (nSPS) is 15.4. The van der Waals surface area contributed by atoms with E-state index in [1.54, 1.807) is 30.3 Å². The van der Waals surface area contributed by atoms with E-state index in [1.807, 2.05) is 37.3 Å². The van der Waals surface area contributed by atoms with E-state index in [-0.39, 0.29) is 5.70 Å². The molecule has 3 amide bonds. The molecule has 0 atom stereocenters. The predicted octanol–water partition coefficient (Wildman–Crippen LogP) is 5.49. The van der Waals surface area contributed by atoms with Gasteiger partial charge in [-0.05, 0) is 49.4 Å². The number of hydrogen-bond donors (Lipinski definition) is 1. The summed E-state index contributed by atoms with van der Waals surface area (Å²) in [6.07, 6.45) is 1.52. The number of nitrogens with one attached hydrogen (secondary N) is 1. The number of carbonyl (C=O) groups excluding carboxylic acids is 2. The molecule has 7 heteroatoms. The molecule has 0 bridgehead atoms. The molecule has 0 aliphatic carbocycles. The van der Waals surface area contributed by atoms with Crippen molar-refractivity contribution < 1.29 is 14.0 Å². The van der Waals surface area contributed by atoms with Gasteiger partial charge in [0.1, 0.15) is 11.5 Å². The van der Waals surface area contributed by atoms with Crippen molar-refractivity contribution in [2.45, 2.75) is 16.9 Å². The third-order valence-corrected chi connectivity index (χ3v) is 5.24. The molecule has 0 unspecified atom stereocenters. The van der Waals surface area contributed by atoms with Gasteiger partial charge in [0, 0.05) is 16.0 Å². The molecule has 1 aliphatic heterocycles. The van der Waals surface area contributed by atoms with Crippen LogP contribution in [0.25, 0.3) is 6.08 Å². The Labute approximate surface area is 171 Å². The summed E-state index contributed by atoms with van der Waals surface area (Å²) in [6.45, 7) is 2.03. The van der Waals surface area contributed by atoms with Gasteiger partial charge in [0.05, 0.1) is 5.69 Å². The number of hydrogen-bond acceptors (Lipinski definition) is 4. The Bertz CT molecular complexity index is 1090. The van der Waals surface area contributed by atoms with Crippen molar-refractivity contribution in [1.82, 2.24) is 5.32 Å². The largest absolute Gasteiger partial charge is 0.450 e. The number of amides is 3. The van der Waals surface area contributed by atoms with Crippen LogP contribution in [0.3, 0.4) is 0 Å². The van der Waals surface area contributed by atoms with Crippen molar-refractivity contribution >= 4 is 47.1 Å². The van der Waals surface area contributed by atoms with E-state index in [1.165, 1.54) is 23.4 Å². The van der Waals surface area contributed by atoms with Crippen LogP contribution in [0.1, 0.15) is 11.3 Å². The maximum absolute atomic E-state index is 12.6. The van der Waals surface area contributed by atoms with Gasteiger partial charge < -0.3 is 9.73 Å². The van der Waals surface area contributed by atoms with Gasteiger partial charge in [0.2, 0.25) is 0 Å². The van der Waals surface area contributed by atoms with E-state index in [0.29, 0.717) is 21.6 Å². The number of halogens is 1. The first kappa shape index (κ1) is 18.4. The van der Waals surface area contributed by atoms with Gasteiger partial charge in [-0.3, -0.25) is 4.79 Å². The lowest BCUT2D eigenvalue weighted by molar-refractivity contribution is -0.113. The second-order valence-corrected chi connectivity index (χ2v) is 7.69. The highest BCUT2D eigenvalue weighted by Crippen LogP contribution is 2.30. The summed E-state index contributed by atoms with van der Waals surface area (Å²) in [4.78, 5) is 27.0. The molecule has 2 aromatic carbocycles. The van der Waals surface area contributed by atoms with Crippen molar-refractivity contribution in [1.29, 1.82) is 0 Å². The van der Waals surface area contributed by atoms with Crippen LogP contribution < -0.4 is 10.2 Å². The van der Waals surface area contributed by atoms with Crippen LogP contribution >= 0.6 is 23.4 Å². The van der Waals surface area contributed by atoms with Gasteiger partial charge in [-0.1, -0.05) is 47.1 Å². The fourth-order valence-electron chi connectivity index (χ4n) is 2.72. The summed E-state index contributed by atoms with van der Waals surface area (Å²) >= 11 is 7.44. The minimum atomic E-state index is -0.528. The molecule has 0 radical (unpaired) electrons. The third kappa shape index (κ3) is 3.83. The highest BCUT2D eigenvalue weighted by molar-refractivity contribution is 7.99. The number of imide groups is 1. The van der Waals surface area contributed by atoms with E-state index in [0.717, 1.165) is 9.80 Å². The van der Waals surface area contributed by atoms with Gasteiger partial charge in [-0.25, -0.2) is 9.69 Å². The summed E-state index contributed by atoms with van der Waals surface area (Å²) in [5.41, 5.74) is 1.74. The number of nitrogens with zero attached hydrogens (tertiary/aromatic N) is 1. The van der Waals surface area contributed by atoms with Crippen LogP contribution in [0, 0.1) is 6.92 Å². The number of rotatable bonds is 4. The second kappa shape index (κ2) is 7.58. The van der Waals surface area contributed by atoms with E-state index in [2.05, 4.69) is 5.32 Å². The topological polar surface area (TPSA) is 62.6 Å². The van der Waals surface area contributed by atoms with E-state index in [9.17, 15) is 9.59 Å². The van der Waals surface area contributed by atoms with Gasteiger partial charge in [0.15, 0.2) is 5.09 Å². The number of anilines is 1. The van der Waals surface area contributed by atoms with Gasteiger partial charge in [-0.15, -0.1) is 0 Å². The smallest absolute Gasteiger partial charge is 0.333 e. The fourth-order valence-corrected chi connectivity index (χ4v) is 3.68. The average Bonchev–Trinajstić information content (AvgIpc) is 3.21. The maximum Gasteiger partial charge on any atom is 0.333 e. The van der Waals surface area contributed by atoms with E-state index in [4.69, 9.17) is 16.0 Å². The van der Waals surface area contributed by atoms with Crippen LogP contribution in [-0.2, 0) is 4.79 Å². The zero-order chi connectivity index (χ0) is 19.7. The van der Waals surface area contributed by atoms with E-state index < -0.39 is 11.9 Å². The number of carbonyl (C=O) groups is 2. The molecule has 1 fully saturated rings. The van der Waals surface area contributed by atoms with Crippen LogP contribution in [-0.4, -0.2) is 11.9 Å². The molecule has 1 aromatic heterocycles. The molecule has 140 valence electrons. The highest BCUT2D eigenvalue weighted by Gasteiger charge is 2.35. The molecule has 0 saturated carbocycles. The zero-order valence-electron chi connectivity index (χ0n) is 14.8. The molecule has 2 heterocycles. The molecule has 5 nitrogen and oxygen atoms in total. The maximum atomic E-state index is 12.6. The summed E-state index contributed by atoms with van der Waals surface area (Å²) in [6, 6.07) is 17.7. The lowest BCUT2D eigenvalue weighted by atomic mass is 10.2. The highest BCUT2D eigenvalue weighted by atomic mass is 35.5. The second-order valence-electron chi connectivity index (χ2n) is 6.18. The van der Waals surface area contributed by atoms with Crippen LogP contribution in [0.2, 0.25) is 5.02 Å². The van der Waals surface area contributed by atoms with Crippen molar-refractivity contribution in [2.75, 3.05) is 4.90 Å². The summed E-state index contributed by atoms with van der Waals surface area (Å²) in [7, 11) is 0. The number of furan rings is 1. The lowest BCUT2D eigenvalue weighted by Gasteiger charge is -2.11. The monoisotopic (exact) mass is 410 g/mol. The van der Waals surface area contributed by atoms with Gasteiger partial charge >= 0.3 is 6.03 Å². The van der Waals surface area contributed by atoms with Gasteiger partial charge in [-0.2, -0.15) is 0 Å². The first-order valence-corrected chi connectivity index (χ1v) is 9.66. The Morgan fingerprint density at radius 2 is 1.86 bits per heavy atom. The Kier molecular flexibility index (Phi) is 4.98. The molecule has 0 spiro atoms. The number of urea groups is 1. The van der Waals surface area contributed by atoms with Crippen LogP contribution in [0.15, 0.2) is 80.8 Å². The Balaban J connectivity index is 1.53. The third-order valence-electron chi connectivity index (χ3n) is 4.07. The quantitative estimate of drug-likeness (QED) is 0.456. The molecular weight excluding hydrogens is 396 g/mol. The van der Waals surface area contributed by atoms with Crippen LogP contribution in [0.5, 0.6) is 0 Å². The Hall–Kier alpha value is -2.96. The Morgan fingerprint density at radius 3 is 2.61 bits per heavy atom. The minimum absolute atomic E-state index is 0.145. The molecule has 1 N–H and O–H groups in total. The molecular formula is C21H15ClN2O3S. The zero-order valence-corrected chi connectivity index (χ0v) is 16.4. The molecule has 28 heavy (non-hydrogen) atoms. The lowest BCUT2D eigenvalue weighted by Crippen LogP contribution is -2.30. The average molecular weight is 411 g/mol.